The van der Waals surface area contributed by atoms with Crippen molar-refractivity contribution in [1.82, 2.24) is 0 Å². The van der Waals surface area contributed by atoms with E-state index in [0.717, 1.165) is 6.07 Å². The third-order valence-electron chi connectivity index (χ3n) is 2.62. The second kappa shape index (κ2) is 6.40. The summed E-state index contributed by atoms with van der Waals surface area (Å²) in [6.07, 6.45) is 0. The van der Waals surface area contributed by atoms with Crippen LogP contribution < -0.4 is 4.74 Å². The van der Waals surface area contributed by atoms with E-state index in [2.05, 4.69) is 0 Å². The van der Waals surface area contributed by atoms with Gasteiger partial charge < -0.3 is 4.74 Å². The monoisotopic (exact) mass is 368 g/mol. The fourth-order valence-corrected chi connectivity index (χ4v) is 2.86. The van der Waals surface area contributed by atoms with Crippen molar-refractivity contribution >= 4 is 42.9 Å². The van der Waals surface area contributed by atoms with Crippen molar-refractivity contribution in [1.29, 1.82) is 0 Å². The van der Waals surface area contributed by atoms with Crippen molar-refractivity contribution in [2.24, 2.45) is 0 Å². The Kier molecular flexibility index (Phi) is 4.99. The number of rotatable bonds is 4. The maximum atomic E-state index is 13.6. The molecule has 8 heteroatoms. The van der Waals surface area contributed by atoms with E-state index in [1.807, 2.05) is 0 Å². The van der Waals surface area contributed by atoms with Crippen LogP contribution in [0.25, 0.3) is 0 Å². The zero-order valence-electron chi connectivity index (χ0n) is 10.3. The van der Waals surface area contributed by atoms with Crippen LogP contribution in [-0.4, -0.2) is 8.42 Å². The Hall–Kier alpha value is -1.01. The van der Waals surface area contributed by atoms with Crippen LogP contribution in [0.2, 0.25) is 10.0 Å². The average molecular weight is 370 g/mol. The molecule has 0 spiro atoms. The highest BCUT2D eigenvalue weighted by Crippen LogP contribution is 2.30. The Balaban J connectivity index is 2.22. The summed E-state index contributed by atoms with van der Waals surface area (Å²) in [5, 5.41) is 0.273. The first-order chi connectivity index (χ1) is 9.79. The Bertz CT molecular complexity index is 758. The Morgan fingerprint density at radius 3 is 2.38 bits per heavy atom. The minimum Gasteiger partial charge on any atom is -0.487 e. The highest BCUT2D eigenvalue weighted by Gasteiger charge is 2.14. The van der Waals surface area contributed by atoms with Gasteiger partial charge in [0.05, 0.1) is 14.9 Å². The van der Waals surface area contributed by atoms with Crippen LogP contribution >= 0.6 is 33.9 Å². The third kappa shape index (κ3) is 4.01. The van der Waals surface area contributed by atoms with Gasteiger partial charge in [-0.1, -0.05) is 29.3 Å². The summed E-state index contributed by atoms with van der Waals surface area (Å²) in [5.41, 5.74) is 0.185. The van der Waals surface area contributed by atoms with Gasteiger partial charge in [-0.2, -0.15) is 0 Å². The Morgan fingerprint density at radius 2 is 1.81 bits per heavy atom. The summed E-state index contributed by atoms with van der Waals surface area (Å²) in [6, 6.07) is 8.01. The minimum absolute atomic E-state index is 0.0455. The summed E-state index contributed by atoms with van der Waals surface area (Å²) in [7, 11) is 1.33. The number of halogens is 4. The van der Waals surface area contributed by atoms with Crippen LogP contribution in [-0.2, 0) is 15.7 Å². The molecule has 2 rings (SSSR count). The lowest BCUT2D eigenvalue weighted by molar-refractivity contribution is 0.300. The van der Waals surface area contributed by atoms with Gasteiger partial charge in [-0.05, 0) is 30.3 Å². The van der Waals surface area contributed by atoms with E-state index >= 15 is 0 Å². The van der Waals surface area contributed by atoms with Crippen molar-refractivity contribution in [3.8, 4) is 5.75 Å². The molecule has 0 fully saturated rings. The molecule has 0 aromatic heterocycles. The molecule has 112 valence electrons. The fourth-order valence-electron chi connectivity index (χ4n) is 1.57. The van der Waals surface area contributed by atoms with Gasteiger partial charge in [0.1, 0.15) is 18.2 Å². The lowest BCUT2D eigenvalue weighted by Gasteiger charge is -2.10. The van der Waals surface area contributed by atoms with Crippen molar-refractivity contribution in [2.75, 3.05) is 0 Å². The van der Waals surface area contributed by atoms with Gasteiger partial charge in [-0.15, -0.1) is 0 Å². The number of hydrogen-bond donors (Lipinski definition) is 0. The molecule has 0 aliphatic rings. The van der Waals surface area contributed by atoms with E-state index in [9.17, 15) is 12.8 Å². The highest BCUT2D eigenvalue weighted by molar-refractivity contribution is 8.13. The lowest BCUT2D eigenvalue weighted by Crippen LogP contribution is -2.00. The molecule has 0 N–H and O–H groups in total. The summed E-state index contributed by atoms with van der Waals surface area (Å²) >= 11 is 11.8. The molecule has 0 radical (unpaired) electrons. The van der Waals surface area contributed by atoms with E-state index in [1.165, 1.54) is 30.3 Å². The van der Waals surface area contributed by atoms with Gasteiger partial charge in [-0.3, -0.25) is 0 Å². The first-order valence-corrected chi connectivity index (χ1v) is 8.65. The number of benzene rings is 2. The van der Waals surface area contributed by atoms with Crippen LogP contribution in [0.5, 0.6) is 5.75 Å². The smallest absolute Gasteiger partial charge is 0.261 e. The molecule has 3 nitrogen and oxygen atoms in total. The number of ether oxygens (including phenoxy) is 1. The van der Waals surface area contributed by atoms with Crippen LogP contribution in [0.4, 0.5) is 4.39 Å². The molecule has 2 aromatic rings. The molecular formula is C13H8Cl3FO3S. The zero-order chi connectivity index (χ0) is 15.6. The van der Waals surface area contributed by atoms with Gasteiger partial charge in [0.25, 0.3) is 9.05 Å². The molecule has 0 saturated carbocycles. The molecule has 2 aromatic carbocycles. The van der Waals surface area contributed by atoms with Gasteiger partial charge in [-0.25, -0.2) is 12.8 Å². The molecule has 0 aliphatic carbocycles. The Morgan fingerprint density at radius 1 is 1.10 bits per heavy atom. The minimum atomic E-state index is -3.87. The van der Waals surface area contributed by atoms with Crippen molar-refractivity contribution in [3.05, 3.63) is 57.8 Å². The van der Waals surface area contributed by atoms with Crippen molar-refractivity contribution in [2.45, 2.75) is 11.5 Å². The van der Waals surface area contributed by atoms with E-state index in [4.69, 9.17) is 38.6 Å². The standard InChI is InChI=1S/C13H8Cl3FO3S/c14-10-2-1-3-12(17)9(10)7-20-13-5-4-8(6-11(13)15)21(16,18)19/h1-6H,7H2. The van der Waals surface area contributed by atoms with Crippen molar-refractivity contribution in [3.63, 3.8) is 0 Å². The van der Waals surface area contributed by atoms with E-state index < -0.39 is 14.9 Å². The highest BCUT2D eigenvalue weighted by atomic mass is 35.7. The van der Waals surface area contributed by atoms with Crippen LogP contribution in [0, 0.1) is 5.82 Å². The van der Waals surface area contributed by atoms with E-state index in [0.29, 0.717) is 0 Å². The maximum Gasteiger partial charge on any atom is 0.261 e. The second-order valence-corrected chi connectivity index (χ2v) is 7.40. The molecular weight excluding hydrogens is 362 g/mol. The largest absolute Gasteiger partial charge is 0.487 e. The third-order valence-corrected chi connectivity index (χ3v) is 4.62. The van der Waals surface area contributed by atoms with E-state index in [-0.39, 0.29) is 32.9 Å². The lowest BCUT2D eigenvalue weighted by atomic mass is 10.2. The molecule has 0 atom stereocenters. The van der Waals surface area contributed by atoms with Crippen molar-refractivity contribution < 1.29 is 17.5 Å². The Labute approximate surface area is 135 Å². The first-order valence-electron chi connectivity index (χ1n) is 5.59. The van der Waals surface area contributed by atoms with Crippen LogP contribution in [0.3, 0.4) is 0 Å². The normalized spacial score (nSPS) is 11.4. The zero-order valence-corrected chi connectivity index (χ0v) is 13.4. The van der Waals surface area contributed by atoms with Gasteiger partial charge in [0, 0.05) is 16.2 Å². The quantitative estimate of drug-likeness (QED) is 0.737. The van der Waals surface area contributed by atoms with Crippen LogP contribution in [0.15, 0.2) is 41.3 Å². The predicted molar refractivity (Wildman–Crippen MR) is 80.2 cm³/mol. The molecule has 0 unspecified atom stereocenters. The van der Waals surface area contributed by atoms with Gasteiger partial charge in [0.15, 0.2) is 0 Å². The maximum absolute atomic E-state index is 13.6. The summed E-state index contributed by atoms with van der Waals surface area (Å²) in [5.74, 6) is -0.307. The second-order valence-electron chi connectivity index (χ2n) is 4.02. The SMILES string of the molecule is O=S(=O)(Cl)c1ccc(OCc2c(F)cccc2Cl)c(Cl)c1. The fraction of sp³-hybridized carbons (Fsp3) is 0.0769. The molecule has 0 amide bonds. The molecule has 0 heterocycles. The van der Waals surface area contributed by atoms with Gasteiger partial charge >= 0.3 is 0 Å². The predicted octanol–water partition coefficient (Wildman–Crippen LogP) is 4.64. The summed E-state index contributed by atoms with van der Waals surface area (Å²) in [6.45, 7) is -0.141. The summed E-state index contributed by atoms with van der Waals surface area (Å²) in [4.78, 5) is -0.148. The molecule has 0 saturated heterocycles. The topological polar surface area (TPSA) is 43.4 Å². The molecule has 21 heavy (non-hydrogen) atoms. The molecule has 0 aliphatic heterocycles. The average Bonchev–Trinajstić information content (AvgIpc) is 2.38. The molecule has 0 bridgehead atoms. The van der Waals surface area contributed by atoms with E-state index in [1.54, 1.807) is 0 Å². The van der Waals surface area contributed by atoms with Gasteiger partial charge in [0.2, 0.25) is 0 Å². The summed E-state index contributed by atoms with van der Waals surface area (Å²) < 4.78 is 41.3. The number of hydrogen-bond acceptors (Lipinski definition) is 3. The van der Waals surface area contributed by atoms with Crippen LogP contribution in [0.1, 0.15) is 5.56 Å². The first kappa shape index (κ1) is 16.4.